The van der Waals surface area contributed by atoms with Crippen LogP contribution in [0.3, 0.4) is 0 Å². The lowest BCUT2D eigenvalue weighted by Gasteiger charge is -2.21. The molecule has 0 aliphatic rings. The number of hydrogen-bond donors (Lipinski definition) is 2. The van der Waals surface area contributed by atoms with Crippen molar-refractivity contribution in [2.45, 2.75) is 32.9 Å². The van der Waals surface area contributed by atoms with Gasteiger partial charge < -0.3 is 0 Å². The topological polar surface area (TPSA) is 55.9 Å². The molecule has 0 bridgehead atoms. The van der Waals surface area contributed by atoms with E-state index in [0.717, 1.165) is 16.8 Å². The Morgan fingerprint density at radius 2 is 2.05 bits per heavy atom. The molecule has 0 aliphatic heterocycles. The first-order valence-electron chi connectivity index (χ1n) is 6.30. The average molecular weight is 279 g/mol. The van der Waals surface area contributed by atoms with Gasteiger partial charge in [-0.05, 0) is 44.0 Å². The maximum Gasteiger partial charge on any atom is 0.0892 e. The van der Waals surface area contributed by atoms with E-state index < -0.39 is 0 Å². The number of hydrogen-bond acceptors (Lipinski definition) is 3. The smallest absolute Gasteiger partial charge is 0.0892 e. The molecule has 0 saturated carbocycles. The molecule has 1 unspecified atom stereocenters. The van der Waals surface area contributed by atoms with Crippen molar-refractivity contribution in [2.75, 3.05) is 0 Å². The third-order valence-electron chi connectivity index (χ3n) is 3.12. The van der Waals surface area contributed by atoms with Gasteiger partial charge in [-0.3, -0.25) is 10.5 Å². The second kappa shape index (κ2) is 5.74. The Bertz CT molecular complexity index is 562. The first-order chi connectivity index (χ1) is 9.04. The number of aryl methyl sites for hydroxylation is 1. The fourth-order valence-corrected chi connectivity index (χ4v) is 2.53. The van der Waals surface area contributed by atoms with Gasteiger partial charge in [-0.15, -0.1) is 0 Å². The largest absolute Gasteiger partial charge is 0.271 e. The summed E-state index contributed by atoms with van der Waals surface area (Å²) in [5.74, 6) is 5.72. The molecule has 1 atom stereocenters. The van der Waals surface area contributed by atoms with E-state index in [1.807, 2.05) is 35.9 Å². The predicted molar refractivity (Wildman–Crippen MR) is 78.0 cm³/mol. The van der Waals surface area contributed by atoms with Crippen LogP contribution >= 0.6 is 11.6 Å². The summed E-state index contributed by atoms with van der Waals surface area (Å²) in [5, 5.41) is 5.04. The van der Waals surface area contributed by atoms with Gasteiger partial charge in [0.1, 0.15) is 0 Å². The fraction of sp³-hybridized carbons (Fsp3) is 0.357. The molecule has 0 amide bonds. The lowest BCUT2D eigenvalue weighted by molar-refractivity contribution is 0.476. The molecule has 4 nitrogen and oxygen atoms in total. The van der Waals surface area contributed by atoms with Crippen LogP contribution in [0, 0.1) is 6.92 Å². The standard InChI is InChI=1S/C14H19ClN4/c1-9(2)19-13(6-7-17-19)14(18-16)11-5-4-10(3)8-12(11)15/h4-9,14,18H,16H2,1-3H3. The van der Waals surface area contributed by atoms with Crippen molar-refractivity contribution in [1.29, 1.82) is 0 Å². The third kappa shape index (κ3) is 2.81. The first kappa shape index (κ1) is 14.1. The number of benzene rings is 1. The molecule has 1 aromatic carbocycles. The van der Waals surface area contributed by atoms with Crippen molar-refractivity contribution < 1.29 is 0 Å². The van der Waals surface area contributed by atoms with Crippen LogP contribution in [0.1, 0.15) is 42.8 Å². The van der Waals surface area contributed by atoms with E-state index in [0.29, 0.717) is 5.02 Å². The van der Waals surface area contributed by atoms with Gasteiger partial charge in [-0.2, -0.15) is 5.10 Å². The highest BCUT2D eigenvalue weighted by Crippen LogP contribution is 2.29. The number of aromatic nitrogens is 2. The molecule has 0 saturated heterocycles. The lowest BCUT2D eigenvalue weighted by Crippen LogP contribution is -2.31. The summed E-state index contributed by atoms with van der Waals surface area (Å²) in [6, 6.07) is 8.03. The lowest BCUT2D eigenvalue weighted by atomic mass is 10.0. The molecule has 102 valence electrons. The molecule has 3 N–H and O–H groups in total. The second-order valence-electron chi connectivity index (χ2n) is 4.92. The van der Waals surface area contributed by atoms with E-state index in [1.54, 1.807) is 6.20 Å². The Balaban J connectivity index is 2.47. The molecule has 1 aromatic heterocycles. The van der Waals surface area contributed by atoms with Crippen molar-refractivity contribution in [3.8, 4) is 0 Å². The van der Waals surface area contributed by atoms with Crippen LogP contribution < -0.4 is 11.3 Å². The van der Waals surface area contributed by atoms with Crippen LogP contribution in [-0.4, -0.2) is 9.78 Å². The Morgan fingerprint density at radius 1 is 1.32 bits per heavy atom. The highest BCUT2D eigenvalue weighted by molar-refractivity contribution is 6.31. The Morgan fingerprint density at radius 3 is 2.63 bits per heavy atom. The molecule has 2 aromatic rings. The Labute approximate surface area is 118 Å². The Kier molecular flexibility index (Phi) is 4.24. The number of rotatable bonds is 4. The van der Waals surface area contributed by atoms with Gasteiger partial charge in [0.05, 0.1) is 11.7 Å². The van der Waals surface area contributed by atoms with Crippen LogP contribution in [0.2, 0.25) is 5.02 Å². The van der Waals surface area contributed by atoms with Gasteiger partial charge in [0.2, 0.25) is 0 Å². The quantitative estimate of drug-likeness (QED) is 0.668. The minimum absolute atomic E-state index is 0.169. The summed E-state index contributed by atoms with van der Waals surface area (Å²) in [7, 11) is 0. The molecule has 0 fully saturated rings. The summed E-state index contributed by atoms with van der Waals surface area (Å²) in [6.07, 6.45) is 1.78. The third-order valence-corrected chi connectivity index (χ3v) is 3.45. The SMILES string of the molecule is Cc1ccc(C(NN)c2ccnn2C(C)C)c(Cl)c1. The van der Waals surface area contributed by atoms with E-state index in [9.17, 15) is 0 Å². The van der Waals surface area contributed by atoms with Crippen LogP contribution in [0.4, 0.5) is 0 Å². The van der Waals surface area contributed by atoms with E-state index in [-0.39, 0.29) is 12.1 Å². The van der Waals surface area contributed by atoms with E-state index in [2.05, 4.69) is 24.4 Å². The van der Waals surface area contributed by atoms with Gasteiger partial charge >= 0.3 is 0 Å². The predicted octanol–water partition coefficient (Wildman–Crippen LogP) is 2.98. The van der Waals surface area contributed by atoms with Gasteiger partial charge in [0, 0.05) is 17.3 Å². The van der Waals surface area contributed by atoms with E-state index in [4.69, 9.17) is 17.4 Å². The van der Waals surface area contributed by atoms with Gasteiger partial charge in [0.25, 0.3) is 0 Å². The minimum Gasteiger partial charge on any atom is -0.271 e. The molecule has 0 aliphatic carbocycles. The molecular weight excluding hydrogens is 260 g/mol. The van der Waals surface area contributed by atoms with Crippen LogP contribution in [0.15, 0.2) is 30.5 Å². The monoisotopic (exact) mass is 278 g/mol. The maximum atomic E-state index is 6.33. The second-order valence-corrected chi connectivity index (χ2v) is 5.33. The summed E-state index contributed by atoms with van der Waals surface area (Å²) < 4.78 is 1.95. The number of nitrogens with zero attached hydrogens (tertiary/aromatic N) is 2. The molecule has 0 spiro atoms. The number of nitrogens with two attached hydrogens (primary N) is 1. The maximum absolute atomic E-state index is 6.33. The summed E-state index contributed by atoms with van der Waals surface area (Å²) in [5.41, 5.74) is 5.92. The summed E-state index contributed by atoms with van der Waals surface area (Å²) in [4.78, 5) is 0. The zero-order valence-electron chi connectivity index (χ0n) is 11.4. The molecule has 0 radical (unpaired) electrons. The zero-order chi connectivity index (χ0) is 14.0. The fourth-order valence-electron chi connectivity index (χ4n) is 2.19. The first-order valence-corrected chi connectivity index (χ1v) is 6.68. The highest BCUT2D eigenvalue weighted by Gasteiger charge is 2.20. The van der Waals surface area contributed by atoms with Gasteiger partial charge in [-0.1, -0.05) is 23.7 Å². The average Bonchev–Trinajstić information content (AvgIpc) is 2.82. The normalized spacial score (nSPS) is 12.9. The Hall–Kier alpha value is -1.36. The van der Waals surface area contributed by atoms with Crippen LogP contribution in [0.5, 0.6) is 0 Å². The van der Waals surface area contributed by atoms with Gasteiger partial charge in [-0.25, -0.2) is 5.43 Å². The van der Waals surface area contributed by atoms with E-state index in [1.165, 1.54) is 0 Å². The van der Waals surface area contributed by atoms with Crippen molar-refractivity contribution in [3.05, 3.63) is 52.3 Å². The zero-order valence-corrected chi connectivity index (χ0v) is 12.1. The molecule has 19 heavy (non-hydrogen) atoms. The minimum atomic E-state index is -0.169. The van der Waals surface area contributed by atoms with Crippen molar-refractivity contribution in [3.63, 3.8) is 0 Å². The highest BCUT2D eigenvalue weighted by atomic mass is 35.5. The van der Waals surface area contributed by atoms with Crippen LogP contribution in [-0.2, 0) is 0 Å². The van der Waals surface area contributed by atoms with Crippen LogP contribution in [0.25, 0.3) is 0 Å². The summed E-state index contributed by atoms with van der Waals surface area (Å²) in [6.45, 7) is 6.18. The summed E-state index contributed by atoms with van der Waals surface area (Å²) >= 11 is 6.33. The molecule has 1 heterocycles. The molecule has 5 heteroatoms. The molecule has 2 rings (SSSR count). The number of hydrazine groups is 1. The van der Waals surface area contributed by atoms with Crippen molar-refractivity contribution >= 4 is 11.6 Å². The van der Waals surface area contributed by atoms with E-state index >= 15 is 0 Å². The molecular formula is C14H19ClN4. The van der Waals surface area contributed by atoms with Gasteiger partial charge in [0.15, 0.2) is 0 Å². The van der Waals surface area contributed by atoms with Crippen molar-refractivity contribution in [1.82, 2.24) is 15.2 Å². The van der Waals surface area contributed by atoms with Crippen molar-refractivity contribution in [2.24, 2.45) is 5.84 Å². The number of halogens is 1. The number of nitrogens with one attached hydrogen (secondary N) is 1.